The summed E-state index contributed by atoms with van der Waals surface area (Å²) in [5.74, 6) is -0.190. The number of hydrogen-bond acceptors (Lipinski definition) is 5. The molecule has 0 aliphatic carbocycles. The zero-order chi connectivity index (χ0) is 15.9. The molecule has 2 N–H and O–H groups in total. The minimum atomic E-state index is -0.337. The van der Waals surface area contributed by atoms with Gasteiger partial charge in [0.2, 0.25) is 5.91 Å². The van der Waals surface area contributed by atoms with E-state index in [1.54, 1.807) is 19.2 Å². The lowest BCUT2D eigenvalue weighted by Crippen LogP contribution is -2.45. The van der Waals surface area contributed by atoms with Crippen LogP contribution in [0.3, 0.4) is 0 Å². The molecular weight excluding hydrogens is 282 g/mol. The molecule has 0 unspecified atom stereocenters. The van der Waals surface area contributed by atoms with E-state index in [9.17, 15) is 9.59 Å². The summed E-state index contributed by atoms with van der Waals surface area (Å²) in [5.41, 5.74) is 1.44. The Labute approximate surface area is 130 Å². The molecular formula is C16H23N3O3. The van der Waals surface area contributed by atoms with Crippen LogP contribution in [0.4, 0.5) is 5.69 Å². The van der Waals surface area contributed by atoms with Crippen molar-refractivity contribution in [3.05, 3.63) is 29.8 Å². The van der Waals surface area contributed by atoms with E-state index < -0.39 is 0 Å². The molecule has 120 valence electrons. The lowest BCUT2D eigenvalue weighted by molar-refractivity contribution is -0.131. The lowest BCUT2D eigenvalue weighted by Gasteiger charge is -2.33. The van der Waals surface area contributed by atoms with Crippen LogP contribution < -0.4 is 10.6 Å². The number of rotatable bonds is 5. The number of piperidine rings is 1. The van der Waals surface area contributed by atoms with Crippen molar-refractivity contribution in [2.45, 2.75) is 18.9 Å². The monoisotopic (exact) mass is 305 g/mol. The second kappa shape index (κ2) is 7.79. The fraction of sp³-hybridized carbons (Fsp3) is 0.500. The topological polar surface area (TPSA) is 70.7 Å². The number of likely N-dealkylation sites (tertiary alicyclic amines) is 1. The Hall–Kier alpha value is -2.08. The van der Waals surface area contributed by atoms with Crippen LogP contribution in [0.15, 0.2) is 24.3 Å². The summed E-state index contributed by atoms with van der Waals surface area (Å²) >= 11 is 0. The number of carbonyl (C=O) groups excluding carboxylic acids is 2. The zero-order valence-corrected chi connectivity index (χ0v) is 13.1. The summed E-state index contributed by atoms with van der Waals surface area (Å²) in [5, 5.41) is 6.32. The summed E-state index contributed by atoms with van der Waals surface area (Å²) in [6.07, 6.45) is 1.80. The molecule has 0 bridgehead atoms. The molecule has 1 fully saturated rings. The summed E-state index contributed by atoms with van der Waals surface area (Å²) in [7, 11) is 3.15. The van der Waals surface area contributed by atoms with Gasteiger partial charge in [-0.1, -0.05) is 6.07 Å². The van der Waals surface area contributed by atoms with Crippen LogP contribution in [0.25, 0.3) is 0 Å². The Kier molecular flexibility index (Phi) is 5.77. The van der Waals surface area contributed by atoms with E-state index in [0.717, 1.165) is 31.6 Å². The molecule has 0 aromatic heterocycles. The van der Waals surface area contributed by atoms with Crippen molar-refractivity contribution in [3.8, 4) is 0 Å². The highest BCUT2D eigenvalue weighted by Crippen LogP contribution is 2.18. The molecule has 6 heteroatoms. The van der Waals surface area contributed by atoms with Crippen LogP contribution >= 0.6 is 0 Å². The van der Waals surface area contributed by atoms with Gasteiger partial charge in [0.05, 0.1) is 19.2 Å². The first-order chi connectivity index (χ1) is 10.6. The number of nitrogens with one attached hydrogen (secondary N) is 2. The Morgan fingerprint density at radius 1 is 1.32 bits per heavy atom. The molecule has 0 radical (unpaired) electrons. The molecule has 1 aliphatic rings. The fourth-order valence-electron chi connectivity index (χ4n) is 2.63. The number of carbonyl (C=O) groups is 2. The maximum atomic E-state index is 11.8. The molecule has 2 rings (SSSR count). The number of anilines is 1. The maximum absolute atomic E-state index is 11.8. The van der Waals surface area contributed by atoms with Crippen LogP contribution in [0, 0.1) is 0 Å². The van der Waals surface area contributed by atoms with Crippen LogP contribution in [-0.2, 0) is 9.53 Å². The number of likely N-dealkylation sites (N-methyl/N-ethyl adjacent to an activating group) is 1. The number of hydrogen-bond donors (Lipinski definition) is 2. The third kappa shape index (κ3) is 4.21. The van der Waals surface area contributed by atoms with E-state index in [1.807, 2.05) is 17.0 Å². The molecule has 6 nitrogen and oxygen atoms in total. The Balaban J connectivity index is 1.88. The molecule has 0 saturated carbocycles. The second-order valence-electron chi connectivity index (χ2n) is 5.40. The van der Waals surface area contributed by atoms with Crippen LogP contribution in [0.2, 0.25) is 0 Å². The molecule has 0 atom stereocenters. The lowest BCUT2D eigenvalue weighted by atomic mass is 10.0. The minimum Gasteiger partial charge on any atom is -0.465 e. The van der Waals surface area contributed by atoms with E-state index >= 15 is 0 Å². The van der Waals surface area contributed by atoms with E-state index in [0.29, 0.717) is 18.2 Å². The van der Waals surface area contributed by atoms with E-state index in [1.165, 1.54) is 7.11 Å². The first-order valence-corrected chi connectivity index (χ1v) is 7.51. The predicted molar refractivity (Wildman–Crippen MR) is 84.9 cm³/mol. The van der Waals surface area contributed by atoms with Gasteiger partial charge >= 0.3 is 5.97 Å². The molecule has 1 amide bonds. The number of methoxy groups -OCH3 is 1. The normalized spacial score (nSPS) is 15.5. The first kappa shape index (κ1) is 16.3. The van der Waals surface area contributed by atoms with Gasteiger partial charge in [-0.15, -0.1) is 0 Å². The smallest absolute Gasteiger partial charge is 0.337 e. The van der Waals surface area contributed by atoms with Gasteiger partial charge in [-0.3, -0.25) is 4.79 Å². The number of benzene rings is 1. The third-order valence-electron chi connectivity index (χ3n) is 3.83. The van der Waals surface area contributed by atoms with E-state index in [-0.39, 0.29) is 11.9 Å². The molecule has 0 spiro atoms. The third-order valence-corrected chi connectivity index (χ3v) is 3.83. The van der Waals surface area contributed by atoms with Gasteiger partial charge in [-0.25, -0.2) is 4.79 Å². The average molecular weight is 305 g/mol. The highest BCUT2D eigenvalue weighted by atomic mass is 16.5. The zero-order valence-electron chi connectivity index (χ0n) is 13.1. The number of amides is 1. The fourth-order valence-corrected chi connectivity index (χ4v) is 2.63. The maximum Gasteiger partial charge on any atom is 0.337 e. The van der Waals surface area contributed by atoms with Crippen molar-refractivity contribution >= 4 is 17.6 Å². The van der Waals surface area contributed by atoms with Gasteiger partial charge in [0.15, 0.2) is 0 Å². The average Bonchev–Trinajstić information content (AvgIpc) is 2.55. The second-order valence-corrected chi connectivity index (χ2v) is 5.40. The SMILES string of the molecule is CNCC(=O)N1CCC(Nc2cccc(C(=O)OC)c2)CC1. The summed E-state index contributed by atoms with van der Waals surface area (Å²) < 4.78 is 4.73. The van der Waals surface area contributed by atoms with Crippen LogP contribution in [-0.4, -0.2) is 56.6 Å². The van der Waals surface area contributed by atoms with Gasteiger partial charge in [0, 0.05) is 24.8 Å². The van der Waals surface area contributed by atoms with Gasteiger partial charge < -0.3 is 20.3 Å². The largest absolute Gasteiger partial charge is 0.465 e. The van der Waals surface area contributed by atoms with Gasteiger partial charge in [0.25, 0.3) is 0 Å². The van der Waals surface area contributed by atoms with Crippen molar-refractivity contribution in [1.29, 1.82) is 0 Å². The summed E-state index contributed by atoms with van der Waals surface area (Å²) in [6, 6.07) is 7.61. The Bertz CT molecular complexity index is 525. The van der Waals surface area contributed by atoms with Crippen LogP contribution in [0.5, 0.6) is 0 Å². The van der Waals surface area contributed by atoms with Crippen molar-refractivity contribution in [2.75, 3.05) is 39.1 Å². The van der Waals surface area contributed by atoms with Gasteiger partial charge in [-0.2, -0.15) is 0 Å². The number of ether oxygens (including phenoxy) is 1. The van der Waals surface area contributed by atoms with Crippen molar-refractivity contribution in [2.24, 2.45) is 0 Å². The minimum absolute atomic E-state index is 0.147. The molecule has 1 aliphatic heterocycles. The summed E-state index contributed by atoms with van der Waals surface area (Å²) in [4.78, 5) is 25.2. The quantitative estimate of drug-likeness (QED) is 0.797. The van der Waals surface area contributed by atoms with E-state index in [4.69, 9.17) is 4.74 Å². The van der Waals surface area contributed by atoms with E-state index in [2.05, 4.69) is 10.6 Å². The Morgan fingerprint density at radius 3 is 2.68 bits per heavy atom. The molecule has 22 heavy (non-hydrogen) atoms. The number of nitrogens with zero attached hydrogens (tertiary/aromatic N) is 1. The molecule has 1 heterocycles. The molecule has 1 aromatic rings. The van der Waals surface area contributed by atoms with Crippen molar-refractivity contribution in [3.63, 3.8) is 0 Å². The highest BCUT2D eigenvalue weighted by Gasteiger charge is 2.22. The first-order valence-electron chi connectivity index (χ1n) is 7.51. The van der Waals surface area contributed by atoms with Crippen molar-refractivity contribution in [1.82, 2.24) is 10.2 Å². The standard InChI is InChI=1S/C16H23N3O3/c1-17-11-15(20)19-8-6-13(7-9-19)18-14-5-3-4-12(10-14)16(21)22-2/h3-5,10,13,17-18H,6-9,11H2,1-2H3. The Morgan fingerprint density at radius 2 is 2.05 bits per heavy atom. The molecule has 1 aromatic carbocycles. The number of esters is 1. The predicted octanol–water partition coefficient (Wildman–Crippen LogP) is 1.10. The van der Waals surface area contributed by atoms with Crippen LogP contribution in [0.1, 0.15) is 23.2 Å². The molecule has 1 saturated heterocycles. The van der Waals surface area contributed by atoms with Gasteiger partial charge in [-0.05, 0) is 38.1 Å². The van der Waals surface area contributed by atoms with Gasteiger partial charge in [0.1, 0.15) is 0 Å². The summed E-state index contributed by atoms with van der Waals surface area (Å²) in [6.45, 7) is 1.91. The van der Waals surface area contributed by atoms with Crippen molar-refractivity contribution < 1.29 is 14.3 Å². The highest BCUT2D eigenvalue weighted by molar-refractivity contribution is 5.90.